The molecule has 19 heavy (non-hydrogen) atoms. The summed E-state index contributed by atoms with van der Waals surface area (Å²) in [7, 11) is 0. The minimum Gasteiger partial charge on any atom is -0.476 e. The van der Waals surface area contributed by atoms with E-state index in [1.54, 1.807) is 0 Å². The molecule has 1 aliphatic rings. The van der Waals surface area contributed by atoms with Gasteiger partial charge in [-0.3, -0.25) is 0 Å². The van der Waals surface area contributed by atoms with E-state index in [1.807, 2.05) is 0 Å². The van der Waals surface area contributed by atoms with Crippen molar-refractivity contribution in [3.05, 3.63) is 29.0 Å². The van der Waals surface area contributed by atoms with Crippen molar-refractivity contribution in [3.63, 3.8) is 0 Å². The molecule has 0 aliphatic heterocycles. The molecule has 0 bridgehead atoms. The first-order chi connectivity index (χ1) is 9.25. The first kappa shape index (κ1) is 11.8. The number of ether oxygens (including phenoxy) is 1. The molecule has 0 radical (unpaired) electrons. The fraction of sp³-hybridized carbons (Fsp3) is 0.417. The van der Waals surface area contributed by atoms with Crippen LogP contribution in [-0.4, -0.2) is 26.2 Å². The number of fused-ring (bicyclic) bond motifs is 1. The van der Waals surface area contributed by atoms with E-state index in [1.165, 1.54) is 6.33 Å². The zero-order valence-electron chi connectivity index (χ0n) is 10.4. The van der Waals surface area contributed by atoms with Gasteiger partial charge in [-0.25, -0.2) is 9.78 Å². The van der Waals surface area contributed by atoms with Crippen LogP contribution in [0.2, 0.25) is 0 Å². The third kappa shape index (κ3) is 2.18. The van der Waals surface area contributed by atoms with Gasteiger partial charge in [0, 0.05) is 0 Å². The quantitative estimate of drug-likeness (QED) is 0.621. The van der Waals surface area contributed by atoms with E-state index >= 15 is 0 Å². The minimum absolute atomic E-state index is 0.294. The lowest BCUT2D eigenvalue weighted by atomic mass is 9.95. The highest BCUT2D eigenvalue weighted by molar-refractivity contribution is 5.75. The summed E-state index contributed by atoms with van der Waals surface area (Å²) in [5.74, 6) is 6.42. The standard InChI is InChI=1S/C12H15N5O2/c13-17-11(19-6-8-4-2-1-3-5-8)9-10(15-7-14-9)16-12(17)18/h1-2,7-8H,3-6,13H2,(H,14,15,16,18). The molecule has 0 spiro atoms. The molecule has 3 N–H and O–H groups in total. The van der Waals surface area contributed by atoms with Gasteiger partial charge in [-0.2, -0.15) is 9.66 Å². The van der Waals surface area contributed by atoms with Gasteiger partial charge in [0.05, 0.1) is 12.9 Å². The van der Waals surface area contributed by atoms with Crippen LogP contribution < -0.4 is 16.3 Å². The molecule has 1 atom stereocenters. The highest BCUT2D eigenvalue weighted by Gasteiger charge is 2.16. The maximum absolute atomic E-state index is 11.6. The molecule has 7 nitrogen and oxygen atoms in total. The van der Waals surface area contributed by atoms with E-state index in [0.29, 0.717) is 29.6 Å². The molecule has 0 saturated heterocycles. The number of imidazole rings is 1. The highest BCUT2D eigenvalue weighted by Crippen LogP contribution is 2.22. The van der Waals surface area contributed by atoms with Gasteiger partial charge in [-0.1, -0.05) is 12.2 Å². The Labute approximate surface area is 109 Å². The molecule has 7 heteroatoms. The zero-order chi connectivity index (χ0) is 13.2. The Kier molecular flexibility index (Phi) is 2.94. The number of H-pyrrole nitrogens is 1. The van der Waals surface area contributed by atoms with E-state index in [2.05, 4.69) is 27.1 Å². The predicted octanol–water partition coefficient (Wildman–Crippen LogP) is 0.568. The minimum atomic E-state index is -0.571. The van der Waals surface area contributed by atoms with Crippen LogP contribution in [0, 0.1) is 5.92 Å². The Bertz CT molecular complexity index is 672. The van der Waals surface area contributed by atoms with Crippen LogP contribution in [0.15, 0.2) is 23.3 Å². The van der Waals surface area contributed by atoms with Gasteiger partial charge < -0.3 is 15.6 Å². The summed E-state index contributed by atoms with van der Waals surface area (Å²) in [4.78, 5) is 22.2. The Hall–Kier alpha value is -2.31. The number of allylic oxidation sites excluding steroid dienone is 2. The van der Waals surface area contributed by atoms with Gasteiger partial charge in [0.2, 0.25) is 5.88 Å². The van der Waals surface area contributed by atoms with Crippen LogP contribution in [-0.2, 0) is 0 Å². The Morgan fingerprint density at radius 1 is 1.53 bits per heavy atom. The molecule has 0 fully saturated rings. The van der Waals surface area contributed by atoms with Gasteiger partial charge in [0.15, 0.2) is 5.65 Å². The predicted molar refractivity (Wildman–Crippen MR) is 70.3 cm³/mol. The third-order valence-corrected chi connectivity index (χ3v) is 3.29. The Balaban J connectivity index is 1.87. The van der Waals surface area contributed by atoms with Crippen molar-refractivity contribution < 1.29 is 4.74 Å². The number of nitrogens with zero attached hydrogens (tertiary/aromatic N) is 3. The lowest BCUT2D eigenvalue weighted by Crippen LogP contribution is -2.31. The van der Waals surface area contributed by atoms with Crippen molar-refractivity contribution >= 4 is 11.2 Å². The second-order valence-electron chi connectivity index (χ2n) is 4.63. The number of nitrogen functional groups attached to an aromatic ring is 1. The smallest absolute Gasteiger partial charge is 0.371 e. The highest BCUT2D eigenvalue weighted by atomic mass is 16.5. The van der Waals surface area contributed by atoms with Gasteiger partial charge in [0.25, 0.3) is 0 Å². The zero-order valence-corrected chi connectivity index (χ0v) is 10.4. The SMILES string of the molecule is Nn1c(OCC2CC=CCC2)c2[nH]cnc2nc1=O. The summed E-state index contributed by atoms with van der Waals surface area (Å²) < 4.78 is 6.64. The molecule has 0 aromatic carbocycles. The summed E-state index contributed by atoms with van der Waals surface area (Å²) in [6.07, 6.45) is 8.95. The normalized spacial score (nSPS) is 18.8. The lowest BCUT2D eigenvalue weighted by Gasteiger charge is -2.18. The second-order valence-corrected chi connectivity index (χ2v) is 4.63. The van der Waals surface area contributed by atoms with Crippen LogP contribution in [0.25, 0.3) is 11.2 Å². The number of nitrogens with two attached hydrogens (primary N) is 1. The summed E-state index contributed by atoms with van der Waals surface area (Å²) in [5, 5.41) is 0. The number of hydrogen-bond donors (Lipinski definition) is 2. The molecule has 2 heterocycles. The lowest BCUT2D eigenvalue weighted by molar-refractivity contribution is 0.226. The average Bonchev–Trinajstić information content (AvgIpc) is 2.88. The van der Waals surface area contributed by atoms with Gasteiger partial charge in [-0.05, 0) is 25.2 Å². The molecule has 0 saturated carbocycles. The molecular weight excluding hydrogens is 246 g/mol. The number of nitrogens with one attached hydrogen (secondary N) is 1. The van der Waals surface area contributed by atoms with Crippen molar-refractivity contribution in [2.24, 2.45) is 5.92 Å². The monoisotopic (exact) mass is 261 g/mol. The maximum Gasteiger partial charge on any atom is 0.371 e. The first-order valence-corrected chi connectivity index (χ1v) is 6.24. The van der Waals surface area contributed by atoms with Crippen molar-refractivity contribution in [3.8, 4) is 5.88 Å². The van der Waals surface area contributed by atoms with Crippen molar-refractivity contribution in [2.75, 3.05) is 12.4 Å². The van der Waals surface area contributed by atoms with Crippen LogP contribution in [0.3, 0.4) is 0 Å². The van der Waals surface area contributed by atoms with E-state index in [0.717, 1.165) is 23.9 Å². The van der Waals surface area contributed by atoms with E-state index < -0.39 is 5.69 Å². The molecular formula is C12H15N5O2. The molecule has 2 aromatic heterocycles. The molecule has 0 amide bonds. The number of hydrogen-bond acceptors (Lipinski definition) is 5. The van der Waals surface area contributed by atoms with Crippen molar-refractivity contribution in [1.29, 1.82) is 0 Å². The summed E-state index contributed by atoms with van der Waals surface area (Å²) >= 11 is 0. The average molecular weight is 261 g/mol. The van der Waals surface area contributed by atoms with Gasteiger partial charge >= 0.3 is 5.69 Å². The van der Waals surface area contributed by atoms with Gasteiger partial charge in [-0.15, -0.1) is 0 Å². The van der Waals surface area contributed by atoms with Crippen LogP contribution in [0.4, 0.5) is 0 Å². The molecule has 1 aliphatic carbocycles. The summed E-state index contributed by atoms with van der Waals surface area (Å²) in [6.45, 7) is 0.527. The topological polar surface area (TPSA) is 98.8 Å². The molecule has 1 unspecified atom stereocenters. The number of aromatic amines is 1. The number of aromatic nitrogens is 4. The van der Waals surface area contributed by atoms with Crippen LogP contribution in [0.5, 0.6) is 5.88 Å². The largest absolute Gasteiger partial charge is 0.476 e. The fourth-order valence-electron chi connectivity index (χ4n) is 2.23. The molecule has 2 aromatic rings. The van der Waals surface area contributed by atoms with Crippen LogP contribution >= 0.6 is 0 Å². The van der Waals surface area contributed by atoms with E-state index in [4.69, 9.17) is 10.6 Å². The number of rotatable bonds is 3. The van der Waals surface area contributed by atoms with E-state index in [9.17, 15) is 4.79 Å². The third-order valence-electron chi connectivity index (χ3n) is 3.29. The first-order valence-electron chi connectivity index (χ1n) is 6.24. The van der Waals surface area contributed by atoms with E-state index in [-0.39, 0.29) is 0 Å². The summed E-state index contributed by atoms with van der Waals surface area (Å²) in [6, 6.07) is 0. The Morgan fingerprint density at radius 2 is 2.42 bits per heavy atom. The van der Waals surface area contributed by atoms with Crippen molar-refractivity contribution in [1.82, 2.24) is 19.6 Å². The van der Waals surface area contributed by atoms with Crippen molar-refractivity contribution in [2.45, 2.75) is 19.3 Å². The van der Waals surface area contributed by atoms with Gasteiger partial charge in [0.1, 0.15) is 5.52 Å². The summed E-state index contributed by atoms with van der Waals surface area (Å²) in [5.41, 5.74) is 0.303. The van der Waals surface area contributed by atoms with Crippen LogP contribution in [0.1, 0.15) is 19.3 Å². The maximum atomic E-state index is 11.6. The second kappa shape index (κ2) is 4.75. The molecule has 100 valence electrons. The fourth-order valence-corrected chi connectivity index (χ4v) is 2.23. The molecule has 3 rings (SSSR count). The Morgan fingerprint density at radius 3 is 3.21 bits per heavy atom.